The van der Waals surface area contributed by atoms with Gasteiger partial charge in [0.25, 0.3) is 0 Å². The molecule has 0 saturated heterocycles. The van der Waals surface area contributed by atoms with Crippen molar-refractivity contribution in [2.24, 2.45) is 0 Å². The third kappa shape index (κ3) is 4.81. The van der Waals surface area contributed by atoms with Gasteiger partial charge in [0.1, 0.15) is 0 Å². The molecular formula is C15H25FN4O. The van der Waals surface area contributed by atoms with Crippen LogP contribution in [0.5, 0.6) is 0 Å². The smallest absolute Gasteiger partial charge is 0.224 e. The van der Waals surface area contributed by atoms with Gasteiger partial charge in [-0.15, -0.1) is 0 Å². The van der Waals surface area contributed by atoms with Crippen LogP contribution in [0.4, 0.5) is 16.2 Å². The van der Waals surface area contributed by atoms with Crippen LogP contribution in [0.15, 0.2) is 6.20 Å². The molecular weight excluding hydrogens is 271 g/mol. The van der Waals surface area contributed by atoms with E-state index in [-0.39, 0.29) is 5.82 Å². The van der Waals surface area contributed by atoms with Gasteiger partial charge in [-0.1, -0.05) is 32.6 Å². The fourth-order valence-corrected chi connectivity index (χ4v) is 2.62. The summed E-state index contributed by atoms with van der Waals surface area (Å²) in [5, 5.41) is 16.5. The van der Waals surface area contributed by atoms with Gasteiger partial charge in [0.2, 0.25) is 5.95 Å². The Labute approximate surface area is 125 Å². The molecule has 0 radical (unpaired) electrons. The lowest BCUT2D eigenvalue weighted by Gasteiger charge is -2.27. The van der Waals surface area contributed by atoms with Gasteiger partial charge in [0.15, 0.2) is 11.6 Å². The Morgan fingerprint density at radius 2 is 1.95 bits per heavy atom. The zero-order valence-electron chi connectivity index (χ0n) is 12.7. The molecule has 0 aromatic carbocycles. The molecule has 1 aromatic rings. The van der Waals surface area contributed by atoms with Crippen molar-refractivity contribution in [1.82, 2.24) is 9.97 Å². The first-order valence-corrected chi connectivity index (χ1v) is 7.86. The zero-order valence-corrected chi connectivity index (χ0v) is 12.7. The topological polar surface area (TPSA) is 70.1 Å². The Balaban J connectivity index is 1.97. The molecule has 1 aromatic heterocycles. The largest absolute Gasteiger partial charge is 0.388 e. The number of hydrogen-bond donors (Lipinski definition) is 3. The van der Waals surface area contributed by atoms with E-state index in [4.69, 9.17) is 0 Å². The van der Waals surface area contributed by atoms with Crippen LogP contribution in [0.1, 0.15) is 51.9 Å². The molecule has 21 heavy (non-hydrogen) atoms. The van der Waals surface area contributed by atoms with Crippen molar-refractivity contribution < 1.29 is 9.50 Å². The molecule has 0 unspecified atom stereocenters. The molecule has 5 nitrogen and oxygen atoms in total. The number of nitrogens with zero attached hydrogens (tertiary/aromatic N) is 2. The Hall–Kier alpha value is -1.43. The van der Waals surface area contributed by atoms with Gasteiger partial charge in [0.05, 0.1) is 11.8 Å². The molecule has 0 spiro atoms. The number of anilines is 2. The van der Waals surface area contributed by atoms with Crippen molar-refractivity contribution in [2.75, 3.05) is 23.7 Å². The number of halogens is 1. The summed E-state index contributed by atoms with van der Waals surface area (Å²) >= 11 is 0. The SMILES string of the molecule is CCCNc1ncc(F)c(NCC2(O)CCCCCC2)n1. The minimum absolute atomic E-state index is 0.154. The molecule has 2 rings (SSSR count). The van der Waals surface area contributed by atoms with Crippen LogP contribution >= 0.6 is 0 Å². The average Bonchev–Trinajstić information content (AvgIpc) is 2.70. The van der Waals surface area contributed by atoms with Crippen LogP contribution in [0.25, 0.3) is 0 Å². The summed E-state index contributed by atoms with van der Waals surface area (Å²) in [6.07, 6.45) is 7.99. The maximum absolute atomic E-state index is 13.8. The molecule has 6 heteroatoms. The third-order valence-corrected chi connectivity index (χ3v) is 3.90. The maximum Gasteiger partial charge on any atom is 0.224 e. The van der Waals surface area contributed by atoms with E-state index < -0.39 is 11.4 Å². The summed E-state index contributed by atoms with van der Waals surface area (Å²) in [7, 11) is 0. The van der Waals surface area contributed by atoms with Crippen LogP contribution in [0.2, 0.25) is 0 Å². The highest BCUT2D eigenvalue weighted by atomic mass is 19.1. The second-order valence-electron chi connectivity index (χ2n) is 5.81. The summed E-state index contributed by atoms with van der Waals surface area (Å²) in [5.41, 5.74) is -0.759. The molecule has 0 bridgehead atoms. The van der Waals surface area contributed by atoms with Crippen LogP contribution in [0, 0.1) is 5.82 Å². The number of rotatable bonds is 6. The summed E-state index contributed by atoms with van der Waals surface area (Å²) in [6, 6.07) is 0. The minimum atomic E-state index is -0.759. The predicted octanol–water partition coefficient (Wildman–Crippen LogP) is 2.93. The molecule has 0 aliphatic heterocycles. The van der Waals surface area contributed by atoms with Gasteiger partial charge >= 0.3 is 0 Å². The van der Waals surface area contributed by atoms with Crippen molar-refractivity contribution in [1.29, 1.82) is 0 Å². The van der Waals surface area contributed by atoms with E-state index in [0.717, 1.165) is 57.7 Å². The number of nitrogens with one attached hydrogen (secondary N) is 2. The first kappa shape index (κ1) is 15.9. The van der Waals surface area contributed by atoms with E-state index in [1.54, 1.807) is 0 Å². The van der Waals surface area contributed by atoms with E-state index in [1.807, 2.05) is 6.92 Å². The highest BCUT2D eigenvalue weighted by Crippen LogP contribution is 2.27. The van der Waals surface area contributed by atoms with Crippen molar-refractivity contribution >= 4 is 11.8 Å². The van der Waals surface area contributed by atoms with Gasteiger partial charge in [-0.25, -0.2) is 9.37 Å². The molecule has 3 N–H and O–H groups in total. The van der Waals surface area contributed by atoms with E-state index in [0.29, 0.717) is 12.5 Å². The molecule has 118 valence electrons. The summed E-state index contributed by atoms with van der Waals surface area (Å²) in [4.78, 5) is 8.03. The molecule has 1 fully saturated rings. The Morgan fingerprint density at radius 1 is 1.24 bits per heavy atom. The monoisotopic (exact) mass is 296 g/mol. The fraction of sp³-hybridized carbons (Fsp3) is 0.733. The second-order valence-corrected chi connectivity index (χ2v) is 5.81. The third-order valence-electron chi connectivity index (χ3n) is 3.90. The number of aliphatic hydroxyl groups is 1. The van der Waals surface area contributed by atoms with E-state index >= 15 is 0 Å². The van der Waals surface area contributed by atoms with Crippen molar-refractivity contribution in [2.45, 2.75) is 57.5 Å². The molecule has 0 atom stereocenters. The standard InChI is InChI=1S/C15H25FN4O/c1-2-9-17-14-18-10-12(16)13(20-14)19-11-15(21)7-5-3-4-6-8-15/h10,21H,2-9,11H2,1H3,(H2,17,18,19,20). The average molecular weight is 296 g/mol. The molecule has 1 saturated carbocycles. The molecule has 1 heterocycles. The zero-order chi connectivity index (χ0) is 15.1. The van der Waals surface area contributed by atoms with E-state index in [2.05, 4.69) is 20.6 Å². The van der Waals surface area contributed by atoms with Gasteiger partial charge in [-0.05, 0) is 19.3 Å². The molecule has 1 aliphatic carbocycles. The lowest BCUT2D eigenvalue weighted by Crippen LogP contribution is -2.36. The highest BCUT2D eigenvalue weighted by molar-refractivity contribution is 5.41. The minimum Gasteiger partial charge on any atom is -0.388 e. The number of aromatic nitrogens is 2. The first-order chi connectivity index (χ1) is 10.1. The van der Waals surface area contributed by atoms with Crippen molar-refractivity contribution in [3.8, 4) is 0 Å². The molecule has 1 aliphatic rings. The summed E-state index contributed by atoms with van der Waals surface area (Å²) in [5.74, 6) is 0.0733. The second kappa shape index (κ2) is 7.54. The van der Waals surface area contributed by atoms with Gasteiger partial charge in [-0.2, -0.15) is 4.98 Å². The van der Waals surface area contributed by atoms with Gasteiger partial charge < -0.3 is 15.7 Å². The fourth-order valence-electron chi connectivity index (χ4n) is 2.62. The lowest BCUT2D eigenvalue weighted by atomic mass is 9.94. The van der Waals surface area contributed by atoms with Crippen LogP contribution < -0.4 is 10.6 Å². The van der Waals surface area contributed by atoms with Crippen molar-refractivity contribution in [3.05, 3.63) is 12.0 Å². The van der Waals surface area contributed by atoms with Crippen molar-refractivity contribution in [3.63, 3.8) is 0 Å². The van der Waals surface area contributed by atoms with E-state index in [9.17, 15) is 9.50 Å². The Morgan fingerprint density at radius 3 is 2.62 bits per heavy atom. The van der Waals surface area contributed by atoms with Crippen LogP contribution in [-0.4, -0.2) is 33.8 Å². The van der Waals surface area contributed by atoms with E-state index in [1.165, 1.54) is 0 Å². The highest BCUT2D eigenvalue weighted by Gasteiger charge is 2.28. The number of hydrogen-bond acceptors (Lipinski definition) is 5. The first-order valence-electron chi connectivity index (χ1n) is 7.86. The summed E-state index contributed by atoms with van der Waals surface area (Å²) in [6.45, 7) is 3.11. The van der Waals surface area contributed by atoms with Gasteiger partial charge in [-0.3, -0.25) is 0 Å². The normalized spacial score (nSPS) is 18.0. The quantitative estimate of drug-likeness (QED) is 0.704. The maximum atomic E-state index is 13.8. The Kier molecular flexibility index (Phi) is 5.73. The van der Waals surface area contributed by atoms with Gasteiger partial charge in [0, 0.05) is 13.1 Å². The lowest BCUT2D eigenvalue weighted by molar-refractivity contribution is 0.0380. The Bertz CT molecular complexity index is 447. The van der Waals surface area contributed by atoms with Crippen LogP contribution in [-0.2, 0) is 0 Å². The summed E-state index contributed by atoms with van der Waals surface area (Å²) < 4.78 is 13.8. The predicted molar refractivity (Wildman–Crippen MR) is 81.9 cm³/mol. The van der Waals surface area contributed by atoms with Crippen LogP contribution in [0.3, 0.4) is 0 Å². The molecule has 0 amide bonds.